The highest BCUT2D eigenvalue weighted by Crippen LogP contribution is 2.60. The Morgan fingerprint density at radius 1 is 1.12 bits per heavy atom. The van der Waals surface area contributed by atoms with Crippen LogP contribution in [0, 0.1) is 11.3 Å². The molecule has 1 aromatic rings. The number of piperidine rings is 2. The largest absolute Gasteiger partial charge is 0.360 e. The molecule has 3 fully saturated rings. The van der Waals surface area contributed by atoms with E-state index in [1.54, 1.807) is 6.07 Å². The van der Waals surface area contributed by atoms with Gasteiger partial charge >= 0.3 is 0 Å². The van der Waals surface area contributed by atoms with E-state index >= 15 is 0 Å². The maximum Gasteiger partial charge on any atom is 0.276 e. The molecular weight excluding hydrogens is 330 g/mol. The molecule has 0 radical (unpaired) electrons. The van der Waals surface area contributed by atoms with Crippen molar-refractivity contribution in [2.24, 2.45) is 11.3 Å². The van der Waals surface area contributed by atoms with Crippen LogP contribution < -0.4 is 0 Å². The second-order valence-corrected chi connectivity index (χ2v) is 8.57. The Labute approximate surface area is 154 Å². The Balaban J connectivity index is 1.33. The summed E-state index contributed by atoms with van der Waals surface area (Å²) in [6, 6.07) is 1.76. The van der Waals surface area contributed by atoms with Gasteiger partial charge in [0.05, 0.1) is 0 Å². The quantitative estimate of drug-likeness (QED) is 0.832. The molecule has 4 rings (SSSR count). The first-order valence-electron chi connectivity index (χ1n) is 10.0. The minimum atomic E-state index is -0.0462. The molecule has 2 amide bonds. The molecule has 6 nitrogen and oxygen atoms in total. The van der Waals surface area contributed by atoms with Gasteiger partial charge in [-0.3, -0.25) is 9.59 Å². The fourth-order valence-corrected chi connectivity index (χ4v) is 4.56. The number of nitrogens with zero attached hydrogens (tertiary/aromatic N) is 3. The molecule has 0 aromatic carbocycles. The van der Waals surface area contributed by atoms with Crippen molar-refractivity contribution in [3.63, 3.8) is 0 Å². The minimum absolute atomic E-state index is 0.0462. The van der Waals surface area contributed by atoms with Crippen LogP contribution in [0.25, 0.3) is 0 Å². The van der Waals surface area contributed by atoms with Gasteiger partial charge in [0.2, 0.25) is 5.91 Å². The van der Waals surface area contributed by atoms with Gasteiger partial charge in [-0.05, 0) is 43.9 Å². The lowest BCUT2D eigenvalue weighted by atomic mass is 9.90. The Bertz CT molecular complexity index is 682. The van der Waals surface area contributed by atoms with Gasteiger partial charge in [0.1, 0.15) is 5.76 Å². The molecule has 3 aliphatic rings. The molecule has 2 aliphatic heterocycles. The molecule has 1 aromatic heterocycles. The van der Waals surface area contributed by atoms with Gasteiger partial charge < -0.3 is 14.3 Å². The minimum Gasteiger partial charge on any atom is -0.360 e. The van der Waals surface area contributed by atoms with E-state index in [0.29, 0.717) is 24.7 Å². The third-order valence-electron chi connectivity index (χ3n) is 6.52. The van der Waals surface area contributed by atoms with Crippen molar-refractivity contribution in [1.82, 2.24) is 15.0 Å². The van der Waals surface area contributed by atoms with Crippen molar-refractivity contribution in [3.05, 3.63) is 17.5 Å². The van der Waals surface area contributed by atoms with Crippen LogP contribution in [0.1, 0.15) is 74.5 Å². The highest BCUT2D eigenvalue weighted by Gasteiger charge is 2.59. The SMILES string of the molecule is CC(C)c1cc(C(=O)N2CCC3(CC2)C[C@H]3C(=O)N2CCCCC2)no1. The number of hydrogen-bond acceptors (Lipinski definition) is 4. The zero-order chi connectivity index (χ0) is 18.3. The van der Waals surface area contributed by atoms with Gasteiger partial charge in [-0.25, -0.2) is 0 Å². The fourth-order valence-electron chi connectivity index (χ4n) is 4.56. The van der Waals surface area contributed by atoms with Gasteiger partial charge in [-0.1, -0.05) is 19.0 Å². The predicted molar refractivity (Wildman–Crippen MR) is 96.7 cm³/mol. The van der Waals surface area contributed by atoms with Crippen molar-refractivity contribution in [2.45, 2.75) is 58.3 Å². The van der Waals surface area contributed by atoms with Crippen molar-refractivity contribution >= 4 is 11.8 Å². The summed E-state index contributed by atoms with van der Waals surface area (Å²) in [5.74, 6) is 1.48. The molecular formula is C20H29N3O3. The maximum atomic E-state index is 12.8. The lowest BCUT2D eigenvalue weighted by Gasteiger charge is -2.33. The normalized spacial score (nSPS) is 25.0. The first-order valence-corrected chi connectivity index (χ1v) is 10.0. The first kappa shape index (κ1) is 17.6. The Morgan fingerprint density at radius 3 is 2.42 bits per heavy atom. The maximum absolute atomic E-state index is 12.8. The van der Waals surface area contributed by atoms with Crippen LogP contribution in [0.15, 0.2) is 10.6 Å². The van der Waals surface area contributed by atoms with Crippen LogP contribution in [0.5, 0.6) is 0 Å². The molecule has 0 bridgehead atoms. The van der Waals surface area contributed by atoms with Crippen molar-refractivity contribution in [1.29, 1.82) is 0 Å². The number of hydrogen-bond donors (Lipinski definition) is 0. The number of amides is 2. The van der Waals surface area contributed by atoms with Crippen LogP contribution in [-0.2, 0) is 4.79 Å². The highest BCUT2D eigenvalue weighted by molar-refractivity contribution is 5.92. The monoisotopic (exact) mass is 359 g/mol. The Kier molecular flexibility index (Phi) is 4.53. The molecule has 0 unspecified atom stereocenters. The number of carbonyl (C=O) groups is 2. The second kappa shape index (κ2) is 6.71. The molecule has 1 atom stereocenters. The average Bonchev–Trinajstić information content (AvgIpc) is 3.13. The van der Waals surface area contributed by atoms with Gasteiger partial charge in [0.15, 0.2) is 5.69 Å². The zero-order valence-corrected chi connectivity index (χ0v) is 15.9. The van der Waals surface area contributed by atoms with Crippen LogP contribution in [-0.4, -0.2) is 52.9 Å². The van der Waals surface area contributed by atoms with E-state index in [-0.39, 0.29) is 23.2 Å². The van der Waals surface area contributed by atoms with Crippen molar-refractivity contribution < 1.29 is 14.1 Å². The summed E-state index contributed by atoms with van der Waals surface area (Å²) in [7, 11) is 0. The molecule has 142 valence electrons. The summed E-state index contributed by atoms with van der Waals surface area (Å²) in [6.45, 7) is 7.33. The summed E-state index contributed by atoms with van der Waals surface area (Å²) in [5.41, 5.74) is 0.555. The van der Waals surface area contributed by atoms with Crippen LogP contribution in [0.4, 0.5) is 0 Å². The van der Waals surface area contributed by atoms with E-state index < -0.39 is 0 Å². The van der Waals surface area contributed by atoms with E-state index in [9.17, 15) is 9.59 Å². The summed E-state index contributed by atoms with van der Waals surface area (Å²) in [6.07, 6.45) is 6.40. The highest BCUT2D eigenvalue weighted by atomic mass is 16.5. The van der Waals surface area contributed by atoms with Gasteiger partial charge in [0.25, 0.3) is 5.91 Å². The van der Waals surface area contributed by atoms with Gasteiger partial charge in [-0.15, -0.1) is 0 Å². The molecule has 26 heavy (non-hydrogen) atoms. The standard InChI is InChI=1S/C20H29N3O3/c1-14(2)17-12-16(21-26-17)19(25)23-10-6-20(7-11-23)13-15(20)18(24)22-8-4-3-5-9-22/h12,14-15H,3-11,13H2,1-2H3/t15-/m0/s1. The smallest absolute Gasteiger partial charge is 0.276 e. The zero-order valence-electron chi connectivity index (χ0n) is 15.9. The van der Waals surface area contributed by atoms with Crippen LogP contribution in [0.3, 0.4) is 0 Å². The van der Waals surface area contributed by atoms with Crippen LogP contribution in [0.2, 0.25) is 0 Å². The Hall–Kier alpha value is -1.85. The third-order valence-corrected chi connectivity index (χ3v) is 6.52. The molecule has 3 heterocycles. The van der Waals surface area contributed by atoms with E-state index in [4.69, 9.17) is 4.52 Å². The average molecular weight is 359 g/mol. The van der Waals surface area contributed by atoms with Gasteiger partial charge in [0, 0.05) is 44.1 Å². The molecule has 1 aliphatic carbocycles. The number of carbonyl (C=O) groups excluding carboxylic acids is 2. The van der Waals surface area contributed by atoms with E-state index in [1.165, 1.54) is 6.42 Å². The van der Waals surface area contributed by atoms with Crippen LogP contribution >= 0.6 is 0 Å². The first-order chi connectivity index (χ1) is 12.5. The van der Waals surface area contributed by atoms with Crippen molar-refractivity contribution in [3.8, 4) is 0 Å². The molecule has 0 N–H and O–H groups in total. The molecule has 6 heteroatoms. The topological polar surface area (TPSA) is 66.7 Å². The van der Waals surface area contributed by atoms with E-state index in [2.05, 4.69) is 10.1 Å². The molecule has 1 saturated carbocycles. The summed E-state index contributed by atoms with van der Waals surface area (Å²) >= 11 is 0. The number of likely N-dealkylation sites (tertiary alicyclic amines) is 2. The summed E-state index contributed by atoms with van der Waals surface area (Å²) in [4.78, 5) is 29.4. The van der Waals surface area contributed by atoms with Gasteiger partial charge in [-0.2, -0.15) is 0 Å². The summed E-state index contributed by atoms with van der Waals surface area (Å²) < 4.78 is 5.26. The molecule has 1 spiro atoms. The number of aromatic nitrogens is 1. The molecule has 2 saturated heterocycles. The lowest BCUT2D eigenvalue weighted by molar-refractivity contribution is -0.134. The van der Waals surface area contributed by atoms with E-state index in [0.717, 1.165) is 51.0 Å². The van der Waals surface area contributed by atoms with Crippen molar-refractivity contribution in [2.75, 3.05) is 26.2 Å². The fraction of sp³-hybridized carbons (Fsp3) is 0.750. The second-order valence-electron chi connectivity index (χ2n) is 8.57. The van der Waals surface area contributed by atoms with E-state index in [1.807, 2.05) is 18.7 Å². The Morgan fingerprint density at radius 2 is 1.81 bits per heavy atom. The number of rotatable bonds is 3. The predicted octanol–water partition coefficient (Wildman–Crippen LogP) is 3.05. The summed E-state index contributed by atoms with van der Waals surface area (Å²) in [5, 5.41) is 3.94. The lowest BCUT2D eigenvalue weighted by Crippen LogP contribution is -2.42. The third kappa shape index (κ3) is 3.14.